The number of rotatable bonds is 7. The van der Waals surface area contributed by atoms with Crippen LogP contribution in [0.25, 0.3) is 0 Å². The lowest BCUT2D eigenvalue weighted by Crippen LogP contribution is -2.30. The zero-order chi connectivity index (χ0) is 20.2. The Morgan fingerprint density at radius 3 is 2.07 bits per heavy atom. The molecule has 2 aromatic carbocycles. The van der Waals surface area contributed by atoms with Crippen LogP contribution in [-0.2, 0) is 14.8 Å². The van der Waals surface area contributed by atoms with E-state index >= 15 is 0 Å². The van der Waals surface area contributed by atoms with E-state index in [1.165, 1.54) is 23.9 Å². The van der Waals surface area contributed by atoms with E-state index in [0.717, 1.165) is 0 Å². The Labute approximate surface area is 173 Å². The van der Waals surface area contributed by atoms with Crippen molar-refractivity contribution in [1.82, 2.24) is 4.72 Å². The van der Waals surface area contributed by atoms with Gasteiger partial charge in [-0.25, -0.2) is 13.1 Å². The van der Waals surface area contributed by atoms with E-state index in [2.05, 4.69) is 10.0 Å². The summed E-state index contributed by atoms with van der Waals surface area (Å²) in [4.78, 5) is 13.2. The molecular weight excluding hydrogens is 427 g/mol. The third kappa shape index (κ3) is 6.12. The van der Waals surface area contributed by atoms with E-state index in [0.29, 0.717) is 20.6 Å². The van der Waals surface area contributed by atoms with Gasteiger partial charge in [0.1, 0.15) is 0 Å². The van der Waals surface area contributed by atoms with Crippen molar-refractivity contribution in [3.63, 3.8) is 0 Å². The minimum atomic E-state index is -3.57. The lowest BCUT2D eigenvalue weighted by Gasteiger charge is -2.14. The monoisotopic (exact) mass is 446 g/mol. The largest absolute Gasteiger partial charge is 0.325 e. The van der Waals surface area contributed by atoms with E-state index < -0.39 is 15.3 Å². The quantitative estimate of drug-likeness (QED) is 0.598. The number of carbonyl (C=O) groups is 1. The predicted octanol–water partition coefficient (Wildman–Crippen LogP) is 4.80. The van der Waals surface area contributed by atoms with Crippen LogP contribution in [0.1, 0.15) is 20.8 Å². The lowest BCUT2D eigenvalue weighted by molar-refractivity contribution is -0.115. The first-order valence-corrected chi connectivity index (χ1v) is 11.3. The van der Waals surface area contributed by atoms with Crippen LogP contribution in [0.3, 0.4) is 0 Å². The maximum absolute atomic E-state index is 12.4. The zero-order valence-electron chi connectivity index (χ0n) is 15.0. The Morgan fingerprint density at radius 1 is 1.00 bits per heavy atom. The van der Waals surface area contributed by atoms with Gasteiger partial charge in [-0.2, -0.15) is 0 Å². The summed E-state index contributed by atoms with van der Waals surface area (Å²) >= 11 is 13.5. The SMILES string of the molecule is CC(C)NS(=O)(=O)c1ccc(NC(=O)C(C)Sc2c(Cl)cccc2Cl)cc1. The van der Waals surface area contributed by atoms with Crippen molar-refractivity contribution in [2.24, 2.45) is 0 Å². The summed E-state index contributed by atoms with van der Waals surface area (Å²) < 4.78 is 26.8. The molecule has 0 radical (unpaired) electrons. The second kappa shape index (κ2) is 9.30. The number of halogens is 2. The molecule has 0 aliphatic heterocycles. The summed E-state index contributed by atoms with van der Waals surface area (Å²) in [7, 11) is -3.57. The molecule has 2 rings (SSSR count). The van der Waals surface area contributed by atoms with E-state index in [9.17, 15) is 13.2 Å². The number of benzene rings is 2. The fourth-order valence-electron chi connectivity index (χ4n) is 2.17. The summed E-state index contributed by atoms with van der Waals surface area (Å²) in [5, 5.41) is 3.28. The molecule has 0 aliphatic rings. The summed E-state index contributed by atoms with van der Waals surface area (Å²) in [5.41, 5.74) is 0.501. The van der Waals surface area contributed by atoms with Crippen molar-refractivity contribution in [2.75, 3.05) is 5.32 Å². The molecule has 1 atom stereocenters. The summed E-state index contributed by atoms with van der Waals surface area (Å²) in [6.07, 6.45) is 0. The van der Waals surface area contributed by atoms with E-state index in [-0.39, 0.29) is 16.8 Å². The van der Waals surface area contributed by atoms with Crippen LogP contribution in [0.4, 0.5) is 5.69 Å². The number of sulfonamides is 1. The van der Waals surface area contributed by atoms with Crippen LogP contribution in [-0.4, -0.2) is 25.6 Å². The Hall–Kier alpha value is -1.25. The van der Waals surface area contributed by atoms with Gasteiger partial charge >= 0.3 is 0 Å². The normalized spacial score (nSPS) is 12.8. The molecule has 0 fully saturated rings. The maximum Gasteiger partial charge on any atom is 0.240 e. The van der Waals surface area contributed by atoms with Gasteiger partial charge < -0.3 is 5.32 Å². The molecule has 5 nitrogen and oxygen atoms in total. The van der Waals surface area contributed by atoms with Gasteiger partial charge in [-0.05, 0) is 57.2 Å². The number of hydrogen-bond donors (Lipinski definition) is 2. The highest BCUT2D eigenvalue weighted by Crippen LogP contribution is 2.36. The minimum absolute atomic E-state index is 0.138. The minimum Gasteiger partial charge on any atom is -0.325 e. The molecular formula is C18H20Cl2N2O3S2. The molecule has 0 spiro atoms. The second-order valence-corrected chi connectivity index (χ2v) is 9.98. The van der Waals surface area contributed by atoms with Crippen molar-refractivity contribution in [2.45, 2.75) is 41.9 Å². The molecule has 0 heterocycles. The molecule has 0 bridgehead atoms. The molecule has 2 N–H and O–H groups in total. The van der Waals surface area contributed by atoms with Gasteiger partial charge in [-0.1, -0.05) is 29.3 Å². The van der Waals surface area contributed by atoms with Crippen LogP contribution in [0, 0.1) is 0 Å². The molecule has 0 saturated heterocycles. The number of hydrogen-bond acceptors (Lipinski definition) is 4. The van der Waals surface area contributed by atoms with Gasteiger partial charge in [0.15, 0.2) is 0 Å². The Morgan fingerprint density at radius 2 is 1.56 bits per heavy atom. The van der Waals surface area contributed by atoms with Gasteiger partial charge in [-0.3, -0.25) is 4.79 Å². The Bertz CT molecular complexity index is 896. The van der Waals surface area contributed by atoms with Crippen molar-refractivity contribution >= 4 is 56.6 Å². The van der Waals surface area contributed by atoms with Gasteiger partial charge in [-0.15, -0.1) is 11.8 Å². The fraction of sp³-hybridized carbons (Fsp3) is 0.278. The summed E-state index contributed by atoms with van der Waals surface area (Å²) in [6.45, 7) is 5.23. The smallest absolute Gasteiger partial charge is 0.240 e. The summed E-state index contributed by atoms with van der Waals surface area (Å²) in [6, 6.07) is 11.0. The van der Waals surface area contributed by atoms with Crippen LogP contribution in [0.2, 0.25) is 10.0 Å². The predicted molar refractivity (Wildman–Crippen MR) is 112 cm³/mol. The highest BCUT2D eigenvalue weighted by atomic mass is 35.5. The van der Waals surface area contributed by atoms with Gasteiger partial charge in [0.2, 0.25) is 15.9 Å². The number of thioether (sulfide) groups is 1. The molecule has 2 aromatic rings. The molecule has 0 aliphatic carbocycles. The number of amides is 1. The lowest BCUT2D eigenvalue weighted by atomic mass is 10.3. The van der Waals surface area contributed by atoms with Gasteiger partial charge in [0.25, 0.3) is 0 Å². The van der Waals surface area contributed by atoms with Crippen LogP contribution in [0.5, 0.6) is 0 Å². The molecule has 9 heteroatoms. The Balaban J connectivity index is 2.05. The highest BCUT2D eigenvalue weighted by Gasteiger charge is 2.19. The Kier molecular flexibility index (Phi) is 7.59. The summed E-state index contributed by atoms with van der Waals surface area (Å²) in [5.74, 6) is -0.244. The first-order valence-electron chi connectivity index (χ1n) is 8.14. The topological polar surface area (TPSA) is 75.3 Å². The number of carbonyl (C=O) groups excluding carboxylic acids is 1. The second-order valence-electron chi connectivity index (χ2n) is 6.10. The van der Waals surface area contributed by atoms with Crippen molar-refractivity contribution in [3.8, 4) is 0 Å². The standard InChI is InChI=1S/C18H20Cl2N2O3S2/c1-11(2)22-27(24,25)14-9-7-13(8-10-14)21-18(23)12(3)26-17-15(19)5-4-6-16(17)20/h4-12,22H,1-3H3,(H,21,23). The van der Waals surface area contributed by atoms with E-state index in [1.807, 2.05) is 0 Å². The van der Waals surface area contributed by atoms with Gasteiger partial charge in [0, 0.05) is 16.6 Å². The van der Waals surface area contributed by atoms with E-state index in [1.54, 1.807) is 51.1 Å². The average Bonchev–Trinajstić information content (AvgIpc) is 2.57. The molecule has 1 unspecified atom stereocenters. The first kappa shape index (κ1) is 22.0. The fourth-order valence-corrected chi connectivity index (χ4v) is 4.96. The van der Waals surface area contributed by atoms with Crippen molar-refractivity contribution in [1.29, 1.82) is 0 Å². The highest BCUT2D eigenvalue weighted by molar-refractivity contribution is 8.00. The third-order valence-corrected chi connectivity index (χ3v) is 7.18. The third-order valence-electron chi connectivity index (χ3n) is 3.41. The van der Waals surface area contributed by atoms with Gasteiger partial charge in [0.05, 0.1) is 20.2 Å². The van der Waals surface area contributed by atoms with Crippen molar-refractivity contribution < 1.29 is 13.2 Å². The molecule has 146 valence electrons. The molecule has 0 saturated carbocycles. The maximum atomic E-state index is 12.4. The molecule has 1 amide bonds. The van der Waals surface area contributed by atoms with E-state index in [4.69, 9.17) is 23.2 Å². The number of anilines is 1. The van der Waals surface area contributed by atoms with Crippen molar-refractivity contribution in [3.05, 3.63) is 52.5 Å². The van der Waals surface area contributed by atoms with Crippen LogP contribution in [0.15, 0.2) is 52.3 Å². The average molecular weight is 447 g/mol. The van der Waals surface area contributed by atoms with Crippen LogP contribution < -0.4 is 10.0 Å². The molecule has 0 aromatic heterocycles. The number of nitrogens with one attached hydrogen (secondary N) is 2. The van der Waals surface area contributed by atoms with Crippen LogP contribution >= 0.6 is 35.0 Å². The molecule has 27 heavy (non-hydrogen) atoms. The first-order chi connectivity index (χ1) is 12.6. The zero-order valence-corrected chi connectivity index (χ0v) is 18.1.